The van der Waals surface area contributed by atoms with Gasteiger partial charge in [0.15, 0.2) is 0 Å². The number of rotatable bonds is 4. The fourth-order valence-electron chi connectivity index (χ4n) is 2.80. The minimum atomic E-state index is -4.08. The normalized spacial score (nSPS) is 30.9. The van der Waals surface area contributed by atoms with Gasteiger partial charge in [0.05, 0.1) is 12.6 Å². The van der Waals surface area contributed by atoms with Crippen LogP contribution in [-0.4, -0.2) is 81.0 Å². The lowest BCUT2D eigenvalue weighted by Gasteiger charge is -2.36. The molecule has 7 heteroatoms. The van der Waals surface area contributed by atoms with Crippen molar-refractivity contribution in [2.45, 2.75) is 24.7 Å². The number of hydrogen-bond donors (Lipinski definition) is 1. The van der Waals surface area contributed by atoms with Gasteiger partial charge in [-0.25, -0.2) is 0 Å². The maximum absolute atomic E-state index is 12.3. The molecule has 2 atom stereocenters. The van der Waals surface area contributed by atoms with Crippen molar-refractivity contribution in [2.75, 3.05) is 52.9 Å². The van der Waals surface area contributed by atoms with Gasteiger partial charge in [-0.15, -0.1) is 0 Å². The Morgan fingerprint density at radius 2 is 1.79 bits per heavy atom. The van der Waals surface area contributed by atoms with E-state index in [0.29, 0.717) is 32.2 Å². The van der Waals surface area contributed by atoms with Crippen LogP contribution in [0.25, 0.3) is 0 Å². The first kappa shape index (κ1) is 15.0. The quantitative estimate of drug-likeness (QED) is 0.814. The van der Waals surface area contributed by atoms with Crippen LogP contribution in [0.4, 0.5) is 13.2 Å². The largest absolute Gasteiger partial charge is 0.401 e. The van der Waals surface area contributed by atoms with Crippen molar-refractivity contribution >= 4 is 0 Å². The van der Waals surface area contributed by atoms with Gasteiger partial charge in [0.2, 0.25) is 0 Å². The molecule has 1 N–H and O–H groups in total. The zero-order valence-electron chi connectivity index (χ0n) is 11.2. The predicted octanol–water partition coefficient (Wildman–Crippen LogP) is 0.543. The summed E-state index contributed by atoms with van der Waals surface area (Å²) >= 11 is 0. The van der Waals surface area contributed by atoms with Crippen LogP contribution in [0.5, 0.6) is 0 Å². The molecule has 2 rings (SSSR count). The number of halogens is 3. The first-order valence-electron chi connectivity index (χ1n) is 6.74. The topological polar surface area (TPSA) is 27.7 Å². The lowest BCUT2D eigenvalue weighted by atomic mass is 10.2. The summed E-state index contributed by atoms with van der Waals surface area (Å²) in [6, 6.07) is 0.402. The molecular formula is C12H22F3N3O. The highest BCUT2D eigenvalue weighted by molar-refractivity contribution is 4.86. The lowest BCUT2D eigenvalue weighted by Crippen LogP contribution is -2.51. The van der Waals surface area contributed by atoms with Crippen molar-refractivity contribution in [1.29, 1.82) is 0 Å². The van der Waals surface area contributed by atoms with Crippen LogP contribution >= 0.6 is 0 Å². The Labute approximate surface area is 111 Å². The predicted molar refractivity (Wildman–Crippen MR) is 66.1 cm³/mol. The first-order valence-corrected chi connectivity index (χ1v) is 6.74. The number of methoxy groups -OCH3 is 1. The van der Waals surface area contributed by atoms with Gasteiger partial charge in [0, 0.05) is 52.4 Å². The van der Waals surface area contributed by atoms with Crippen molar-refractivity contribution in [1.82, 2.24) is 15.1 Å². The molecule has 0 aromatic rings. The summed E-state index contributed by atoms with van der Waals surface area (Å²) in [6.07, 6.45) is -2.82. The average molecular weight is 281 g/mol. The Morgan fingerprint density at radius 3 is 2.32 bits per heavy atom. The van der Waals surface area contributed by atoms with Crippen LogP contribution in [0.2, 0.25) is 0 Å². The molecule has 0 radical (unpaired) electrons. The molecule has 4 nitrogen and oxygen atoms in total. The molecule has 2 heterocycles. The molecule has 19 heavy (non-hydrogen) atoms. The summed E-state index contributed by atoms with van der Waals surface area (Å²) in [5.74, 6) is 0. The van der Waals surface area contributed by atoms with Crippen molar-refractivity contribution < 1.29 is 17.9 Å². The lowest BCUT2D eigenvalue weighted by molar-refractivity contribution is -0.149. The number of piperazine rings is 1. The number of nitrogens with zero attached hydrogens (tertiary/aromatic N) is 2. The van der Waals surface area contributed by atoms with Crippen molar-refractivity contribution in [3.8, 4) is 0 Å². The number of ether oxygens (including phenoxy) is 1. The highest BCUT2D eigenvalue weighted by Gasteiger charge is 2.33. The van der Waals surface area contributed by atoms with Gasteiger partial charge in [0.25, 0.3) is 0 Å². The van der Waals surface area contributed by atoms with E-state index in [1.807, 2.05) is 0 Å². The summed E-state index contributed by atoms with van der Waals surface area (Å²) < 4.78 is 42.1. The average Bonchev–Trinajstić information content (AvgIpc) is 2.77. The van der Waals surface area contributed by atoms with Gasteiger partial charge in [0.1, 0.15) is 0 Å². The van der Waals surface area contributed by atoms with E-state index in [9.17, 15) is 13.2 Å². The fraction of sp³-hybridized carbons (Fsp3) is 1.00. The highest BCUT2D eigenvalue weighted by atomic mass is 19.4. The third-order valence-electron chi connectivity index (χ3n) is 3.86. The van der Waals surface area contributed by atoms with Crippen LogP contribution in [-0.2, 0) is 4.74 Å². The van der Waals surface area contributed by atoms with E-state index in [1.54, 1.807) is 7.11 Å². The molecule has 2 aliphatic heterocycles. The van der Waals surface area contributed by atoms with Gasteiger partial charge in [-0.2, -0.15) is 13.2 Å². The smallest absolute Gasteiger partial charge is 0.380 e. The van der Waals surface area contributed by atoms with Crippen LogP contribution in [0.1, 0.15) is 6.42 Å². The van der Waals surface area contributed by atoms with Crippen LogP contribution in [0, 0.1) is 0 Å². The van der Waals surface area contributed by atoms with E-state index >= 15 is 0 Å². The standard InChI is InChI=1S/C12H22F3N3O/c1-19-11-6-10(16-7-11)8-17-2-4-18(5-3-17)9-12(13,14)15/h10-11,16H,2-9H2,1H3. The summed E-state index contributed by atoms with van der Waals surface area (Å²) in [6.45, 7) is 3.42. The molecule has 2 aliphatic rings. The Hall–Kier alpha value is -0.370. The minimum Gasteiger partial charge on any atom is -0.380 e. The number of alkyl halides is 3. The van der Waals surface area contributed by atoms with Crippen molar-refractivity contribution in [2.24, 2.45) is 0 Å². The maximum Gasteiger partial charge on any atom is 0.401 e. The van der Waals surface area contributed by atoms with Crippen molar-refractivity contribution in [3.05, 3.63) is 0 Å². The second-order valence-electron chi connectivity index (χ2n) is 5.39. The Balaban J connectivity index is 1.66. The highest BCUT2D eigenvalue weighted by Crippen LogP contribution is 2.18. The molecule has 2 unspecified atom stereocenters. The zero-order chi connectivity index (χ0) is 13.9. The summed E-state index contributed by atoms with van der Waals surface area (Å²) in [7, 11) is 1.71. The second-order valence-corrected chi connectivity index (χ2v) is 5.39. The van der Waals surface area contributed by atoms with E-state index in [0.717, 1.165) is 19.5 Å². The van der Waals surface area contributed by atoms with Crippen LogP contribution in [0.15, 0.2) is 0 Å². The molecule has 0 spiro atoms. The van der Waals surface area contributed by atoms with E-state index in [4.69, 9.17) is 4.74 Å². The molecule has 2 saturated heterocycles. The van der Waals surface area contributed by atoms with Gasteiger partial charge < -0.3 is 10.1 Å². The third kappa shape index (κ3) is 4.91. The first-order chi connectivity index (χ1) is 8.96. The molecule has 112 valence electrons. The SMILES string of the molecule is COC1CNC(CN2CCN(CC(F)(F)F)CC2)C1. The third-order valence-corrected chi connectivity index (χ3v) is 3.86. The molecule has 0 aromatic heterocycles. The fourth-order valence-corrected chi connectivity index (χ4v) is 2.80. The van der Waals surface area contributed by atoms with Gasteiger partial charge >= 0.3 is 6.18 Å². The number of hydrogen-bond acceptors (Lipinski definition) is 4. The van der Waals surface area contributed by atoms with Gasteiger partial charge in [-0.05, 0) is 6.42 Å². The zero-order valence-corrected chi connectivity index (χ0v) is 11.2. The molecule has 0 amide bonds. The van der Waals surface area contributed by atoms with Crippen molar-refractivity contribution in [3.63, 3.8) is 0 Å². The maximum atomic E-state index is 12.3. The van der Waals surface area contributed by atoms with Gasteiger partial charge in [-0.1, -0.05) is 0 Å². The Bertz CT molecular complexity index is 280. The molecule has 0 bridgehead atoms. The van der Waals surface area contributed by atoms with Gasteiger partial charge in [-0.3, -0.25) is 9.80 Å². The summed E-state index contributed by atoms with van der Waals surface area (Å²) in [4.78, 5) is 3.72. The molecular weight excluding hydrogens is 259 g/mol. The Morgan fingerprint density at radius 1 is 1.16 bits per heavy atom. The number of nitrogens with one attached hydrogen (secondary N) is 1. The van der Waals surface area contributed by atoms with E-state index < -0.39 is 12.7 Å². The van der Waals surface area contributed by atoms with E-state index in [1.165, 1.54) is 4.90 Å². The van der Waals surface area contributed by atoms with E-state index in [-0.39, 0.29) is 6.10 Å². The van der Waals surface area contributed by atoms with Crippen LogP contribution < -0.4 is 5.32 Å². The molecule has 0 aromatic carbocycles. The van der Waals surface area contributed by atoms with E-state index in [2.05, 4.69) is 10.2 Å². The molecule has 2 fully saturated rings. The second kappa shape index (κ2) is 6.39. The Kier molecular flexibility index (Phi) is 5.05. The minimum absolute atomic E-state index is 0.275. The summed E-state index contributed by atoms with van der Waals surface area (Å²) in [5, 5.41) is 3.39. The molecule has 0 aliphatic carbocycles. The molecule has 0 saturated carbocycles. The van der Waals surface area contributed by atoms with Crippen LogP contribution in [0.3, 0.4) is 0 Å². The summed E-state index contributed by atoms with van der Waals surface area (Å²) in [5.41, 5.74) is 0. The monoisotopic (exact) mass is 281 g/mol.